The number of nitrogens with one attached hydrogen (secondary N) is 1. The number of hydrogen-bond donors (Lipinski definition) is 1. The highest BCUT2D eigenvalue weighted by Gasteiger charge is 2.17. The monoisotopic (exact) mass is 247 g/mol. The predicted octanol–water partition coefficient (Wildman–Crippen LogP) is 2.32. The summed E-state index contributed by atoms with van der Waals surface area (Å²) < 4.78 is 5.57. The highest BCUT2D eigenvalue weighted by atomic mass is 16.5. The van der Waals surface area contributed by atoms with Crippen LogP contribution in [0.25, 0.3) is 0 Å². The Hall–Kier alpha value is -1.84. The fourth-order valence-electron chi connectivity index (χ4n) is 1.98. The molecule has 0 radical (unpaired) electrons. The van der Waals surface area contributed by atoms with E-state index < -0.39 is 6.10 Å². The zero-order valence-electron chi connectivity index (χ0n) is 10.7. The van der Waals surface area contributed by atoms with E-state index >= 15 is 0 Å². The summed E-state index contributed by atoms with van der Waals surface area (Å²) in [5, 5.41) is 2.81. The molecule has 1 atom stereocenters. The lowest BCUT2D eigenvalue weighted by molar-refractivity contribution is -0.124. The van der Waals surface area contributed by atoms with Gasteiger partial charge in [-0.1, -0.05) is 13.0 Å². The maximum Gasteiger partial charge on any atom is 0.224 e. The lowest BCUT2D eigenvalue weighted by Crippen LogP contribution is -2.23. The van der Waals surface area contributed by atoms with E-state index in [1.165, 1.54) is 0 Å². The minimum atomic E-state index is -0.452. The molecule has 0 fully saturated rings. The van der Waals surface area contributed by atoms with E-state index in [-0.39, 0.29) is 11.7 Å². The van der Waals surface area contributed by atoms with Crippen LogP contribution in [0.1, 0.15) is 32.3 Å². The average Bonchev–Trinajstić information content (AvgIpc) is 2.37. The second-order valence-corrected chi connectivity index (χ2v) is 4.45. The van der Waals surface area contributed by atoms with E-state index in [0.717, 1.165) is 17.7 Å². The van der Waals surface area contributed by atoms with Crippen molar-refractivity contribution in [3.8, 4) is 5.75 Å². The van der Waals surface area contributed by atoms with Crippen molar-refractivity contribution in [1.29, 1.82) is 0 Å². The number of ether oxygens (including phenoxy) is 1. The van der Waals surface area contributed by atoms with Crippen molar-refractivity contribution in [2.75, 3.05) is 5.32 Å². The van der Waals surface area contributed by atoms with Gasteiger partial charge in [-0.05, 0) is 25.0 Å². The molecule has 1 aromatic carbocycles. The Morgan fingerprint density at radius 2 is 2.22 bits per heavy atom. The van der Waals surface area contributed by atoms with Gasteiger partial charge in [-0.2, -0.15) is 0 Å². The second kappa shape index (κ2) is 5.21. The Kier molecular flexibility index (Phi) is 3.65. The third-order valence-electron chi connectivity index (χ3n) is 3.09. The van der Waals surface area contributed by atoms with E-state index in [1.54, 1.807) is 13.0 Å². The first-order valence-electron chi connectivity index (χ1n) is 6.22. The van der Waals surface area contributed by atoms with Crippen LogP contribution in [0.4, 0.5) is 5.69 Å². The number of carbonyl (C=O) groups is 2. The lowest BCUT2D eigenvalue weighted by Gasteiger charge is -2.19. The molecule has 4 heteroatoms. The number of benzene rings is 1. The van der Waals surface area contributed by atoms with Gasteiger partial charge in [0.05, 0.1) is 0 Å². The Morgan fingerprint density at radius 1 is 1.44 bits per heavy atom. The van der Waals surface area contributed by atoms with Gasteiger partial charge in [0.15, 0.2) is 11.9 Å². The summed E-state index contributed by atoms with van der Waals surface area (Å²) in [4.78, 5) is 22.8. The summed E-state index contributed by atoms with van der Waals surface area (Å²) in [6.07, 6.45) is 1.29. The first kappa shape index (κ1) is 12.6. The zero-order chi connectivity index (χ0) is 13.1. The number of hydrogen-bond acceptors (Lipinski definition) is 3. The van der Waals surface area contributed by atoms with Gasteiger partial charge in [0.2, 0.25) is 5.91 Å². The first-order valence-corrected chi connectivity index (χ1v) is 6.22. The normalized spacial score (nSPS) is 15.6. The van der Waals surface area contributed by atoms with Crippen LogP contribution in [0.3, 0.4) is 0 Å². The fraction of sp³-hybridized carbons (Fsp3) is 0.429. The van der Waals surface area contributed by atoms with Gasteiger partial charge < -0.3 is 10.1 Å². The summed E-state index contributed by atoms with van der Waals surface area (Å²) in [5.74, 6) is 0.708. The molecule has 18 heavy (non-hydrogen) atoms. The molecule has 0 spiro atoms. The molecule has 0 bridgehead atoms. The molecule has 1 aromatic rings. The molecular weight excluding hydrogens is 230 g/mol. The van der Waals surface area contributed by atoms with Gasteiger partial charge in [-0.25, -0.2) is 0 Å². The quantitative estimate of drug-likeness (QED) is 0.888. The van der Waals surface area contributed by atoms with Crippen LogP contribution in [0, 0.1) is 0 Å². The molecule has 96 valence electrons. The van der Waals surface area contributed by atoms with Crippen molar-refractivity contribution >= 4 is 17.4 Å². The number of Topliss-reactive ketones (excluding diaryl/α,β-unsaturated/α-hetero) is 1. The number of carbonyl (C=O) groups excluding carboxylic acids is 2. The van der Waals surface area contributed by atoms with Crippen molar-refractivity contribution in [1.82, 2.24) is 0 Å². The summed E-state index contributed by atoms with van der Waals surface area (Å²) in [7, 11) is 0. The minimum Gasteiger partial charge on any atom is -0.483 e. The molecule has 1 aliphatic rings. The van der Waals surface area contributed by atoms with Gasteiger partial charge in [0.25, 0.3) is 0 Å². The third-order valence-corrected chi connectivity index (χ3v) is 3.09. The van der Waals surface area contributed by atoms with Gasteiger partial charge >= 0.3 is 0 Å². The highest BCUT2D eigenvalue weighted by Crippen LogP contribution is 2.27. The third kappa shape index (κ3) is 2.70. The van der Waals surface area contributed by atoms with E-state index in [1.807, 2.05) is 19.1 Å². The molecule has 0 aliphatic carbocycles. The van der Waals surface area contributed by atoms with Gasteiger partial charge in [0, 0.05) is 24.6 Å². The molecule has 1 N–H and O–H groups in total. The number of aryl methyl sites for hydroxylation is 1. The van der Waals surface area contributed by atoms with Crippen LogP contribution in [0.15, 0.2) is 18.2 Å². The summed E-state index contributed by atoms with van der Waals surface area (Å²) >= 11 is 0. The highest BCUT2D eigenvalue weighted by molar-refractivity contribution is 5.94. The van der Waals surface area contributed by atoms with Gasteiger partial charge in [0.1, 0.15) is 5.75 Å². The Bertz CT molecular complexity index is 482. The minimum absolute atomic E-state index is 0.0253. The first-order chi connectivity index (χ1) is 8.60. The number of anilines is 1. The van der Waals surface area contributed by atoms with Crippen LogP contribution in [-0.2, 0) is 16.0 Å². The molecule has 2 rings (SSSR count). The fourth-order valence-corrected chi connectivity index (χ4v) is 1.98. The van der Waals surface area contributed by atoms with Crippen molar-refractivity contribution < 1.29 is 14.3 Å². The van der Waals surface area contributed by atoms with E-state index in [4.69, 9.17) is 4.74 Å². The molecule has 0 aromatic heterocycles. The number of ketones is 1. The van der Waals surface area contributed by atoms with E-state index in [2.05, 4.69) is 5.32 Å². The second-order valence-electron chi connectivity index (χ2n) is 4.45. The zero-order valence-corrected chi connectivity index (χ0v) is 10.7. The van der Waals surface area contributed by atoms with Crippen molar-refractivity contribution in [2.45, 2.75) is 39.2 Å². The van der Waals surface area contributed by atoms with Crippen molar-refractivity contribution in [2.24, 2.45) is 0 Å². The van der Waals surface area contributed by atoms with Crippen LogP contribution >= 0.6 is 0 Å². The molecule has 0 saturated heterocycles. The largest absolute Gasteiger partial charge is 0.483 e. The molecule has 4 nitrogen and oxygen atoms in total. The van der Waals surface area contributed by atoms with Crippen LogP contribution < -0.4 is 10.1 Å². The molecule has 1 aliphatic heterocycles. The Labute approximate surface area is 106 Å². The maximum absolute atomic E-state index is 11.5. The summed E-state index contributed by atoms with van der Waals surface area (Å²) in [6.45, 7) is 3.55. The number of rotatable bonds is 4. The van der Waals surface area contributed by atoms with Crippen LogP contribution in [-0.4, -0.2) is 17.8 Å². The molecule has 1 heterocycles. The van der Waals surface area contributed by atoms with Crippen LogP contribution in [0.2, 0.25) is 0 Å². The molecular formula is C14H17NO3. The topological polar surface area (TPSA) is 55.4 Å². The maximum atomic E-state index is 11.5. The van der Waals surface area contributed by atoms with Crippen molar-refractivity contribution in [3.05, 3.63) is 23.8 Å². The Morgan fingerprint density at radius 3 is 2.94 bits per heavy atom. The van der Waals surface area contributed by atoms with Crippen molar-refractivity contribution in [3.63, 3.8) is 0 Å². The average molecular weight is 247 g/mol. The molecule has 1 amide bonds. The van der Waals surface area contributed by atoms with Gasteiger partial charge in [-0.15, -0.1) is 0 Å². The number of amides is 1. The number of fused-ring (bicyclic) bond motifs is 1. The van der Waals surface area contributed by atoms with E-state index in [9.17, 15) is 9.59 Å². The summed E-state index contributed by atoms with van der Waals surface area (Å²) in [5.41, 5.74) is 1.90. The Balaban J connectivity index is 2.13. The lowest BCUT2D eigenvalue weighted by atomic mass is 10.0. The molecule has 0 saturated carbocycles. The van der Waals surface area contributed by atoms with E-state index in [0.29, 0.717) is 18.6 Å². The SMILES string of the molecule is CCC(=O)C(C)Oc1ccc2c(c1)NC(=O)CC2. The van der Waals surface area contributed by atoms with Gasteiger partial charge in [-0.3, -0.25) is 9.59 Å². The molecule has 1 unspecified atom stereocenters. The standard InChI is InChI=1S/C14H17NO3/c1-3-13(16)9(2)18-11-6-4-10-5-7-14(17)15-12(10)8-11/h4,6,8-9H,3,5,7H2,1-2H3,(H,15,17). The smallest absolute Gasteiger partial charge is 0.224 e. The predicted molar refractivity (Wildman–Crippen MR) is 68.8 cm³/mol. The summed E-state index contributed by atoms with van der Waals surface area (Å²) in [6, 6.07) is 5.56. The van der Waals surface area contributed by atoms with Crippen LogP contribution in [0.5, 0.6) is 5.75 Å².